The molecule has 18 heavy (non-hydrogen) atoms. The lowest BCUT2D eigenvalue weighted by Gasteiger charge is -2.11. The molecule has 100 valence electrons. The van der Waals surface area contributed by atoms with Crippen molar-refractivity contribution >= 4 is 23.3 Å². The van der Waals surface area contributed by atoms with Crippen LogP contribution in [0.3, 0.4) is 0 Å². The van der Waals surface area contributed by atoms with Gasteiger partial charge in [-0.1, -0.05) is 25.4 Å². The highest BCUT2D eigenvalue weighted by molar-refractivity contribution is 6.31. The molecule has 0 radical (unpaired) electrons. The Hall–Kier alpha value is -1.26. The molecule has 0 heterocycles. The van der Waals surface area contributed by atoms with Gasteiger partial charge in [0.2, 0.25) is 0 Å². The zero-order valence-electron chi connectivity index (χ0n) is 10.6. The smallest absolute Gasteiger partial charge is 0.337 e. The number of aromatic carboxylic acids is 1. The minimum absolute atomic E-state index is 0.211. The van der Waals surface area contributed by atoms with E-state index in [1.165, 1.54) is 6.07 Å². The number of hydrogen-bond acceptors (Lipinski definition) is 3. The van der Waals surface area contributed by atoms with Gasteiger partial charge in [-0.05, 0) is 24.1 Å². The summed E-state index contributed by atoms with van der Waals surface area (Å²) in [5.74, 6) is -0.483. The van der Waals surface area contributed by atoms with Crippen molar-refractivity contribution in [2.75, 3.05) is 25.1 Å². The summed E-state index contributed by atoms with van der Waals surface area (Å²) in [6.45, 7) is 5.93. The van der Waals surface area contributed by atoms with Gasteiger partial charge in [0.05, 0.1) is 17.9 Å². The fraction of sp³-hybridized carbons (Fsp3) is 0.462. The van der Waals surface area contributed by atoms with E-state index in [1.54, 1.807) is 12.1 Å². The number of carboxylic acid groups (broad SMARTS) is 1. The first-order chi connectivity index (χ1) is 8.50. The molecule has 0 aliphatic heterocycles. The molecule has 0 fully saturated rings. The zero-order valence-corrected chi connectivity index (χ0v) is 11.3. The van der Waals surface area contributed by atoms with Crippen molar-refractivity contribution in [2.24, 2.45) is 5.92 Å². The maximum Gasteiger partial charge on any atom is 0.337 e. The fourth-order valence-corrected chi connectivity index (χ4v) is 1.60. The van der Waals surface area contributed by atoms with Crippen LogP contribution in [-0.2, 0) is 4.74 Å². The van der Waals surface area contributed by atoms with E-state index in [9.17, 15) is 4.79 Å². The van der Waals surface area contributed by atoms with Crippen LogP contribution in [0.2, 0.25) is 5.02 Å². The number of nitrogens with one attached hydrogen (secondary N) is 1. The van der Waals surface area contributed by atoms with E-state index < -0.39 is 5.97 Å². The van der Waals surface area contributed by atoms with Gasteiger partial charge in [-0.3, -0.25) is 0 Å². The minimum Gasteiger partial charge on any atom is -0.478 e. The van der Waals surface area contributed by atoms with Crippen LogP contribution in [0.4, 0.5) is 5.69 Å². The number of anilines is 1. The van der Waals surface area contributed by atoms with Crippen LogP contribution in [0.5, 0.6) is 0 Å². The Bertz CT molecular complexity index is 407. The van der Waals surface area contributed by atoms with Crippen molar-refractivity contribution in [3.8, 4) is 0 Å². The van der Waals surface area contributed by atoms with Crippen LogP contribution < -0.4 is 5.32 Å². The van der Waals surface area contributed by atoms with Crippen LogP contribution in [0.25, 0.3) is 0 Å². The average molecular weight is 272 g/mol. The van der Waals surface area contributed by atoms with E-state index in [0.29, 0.717) is 36.4 Å². The van der Waals surface area contributed by atoms with Crippen molar-refractivity contribution in [1.82, 2.24) is 0 Å². The van der Waals surface area contributed by atoms with Gasteiger partial charge in [0.1, 0.15) is 0 Å². The van der Waals surface area contributed by atoms with Crippen LogP contribution in [0.1, 0.15) is 24.2 Å². The first kappa shape index (κ1) is 14.8. The first-order valence-electron chi connectivity index (χ1n) is 5.85. The molecule has 1 aromatic rings. The van der Waals surface area contributed by atoms with Crippen LogP contribution in [0.15, 0.2) is 18.2 Å². The summed E-state index contributed by atoms with van der Waals surface area (Å²) in [6.07, 6.45) is 0. The molecular formula is C13H18ClNO3. The molecule has 0 saturated carbocycles. The maximum atomic E-state index is 11.0. The highest BCUT2D eigenvalue weighted by atomic mass is 35.5. The molecule has 2 N–H and O–H groups in total. The highest BCUT2D eigenvalue weighted by Gasteiger charge is 2.09. The highest BCUT2D eigenvalue weighted by Crippen LogP contribution is 2.20. The number of ether oxygens (including phenoxy) is 1. The molecule has 1 rings (SSSR count). The van der Waals surface area contributed by atoms with Crippen LogP contribution in [0, 0.1) is 5.92 Å². The Kier molecular flexibility index (Phi) is 5.95. The Labute approximate surface area is 112 Å². The summed E-state index contributed by atoms with van der Waals surface area (Å²) in [6, 6.07) is 4.65. The second-order valence-electron chi connectivity index (χ2n) is 4.39. The minimum atomic E-state index is -0.975. The van der Waals surface area contributed by atoms with Gasteiger partial charge >= 0.3 is 5.97 Å². The maximum absolute atomic E-state index is 11.0. The van der Waals surface area contributed by atoms with Gasteiger partial charge in [0.15, 0.2) is 0 Å². The molecule has 0 aliphatic carbocycles. The summed E-state index contributed by atoms with van der Waals surface area (Å²) in [5, 5.41) is 12.5. The molecule has 0 spiro atoms. The molecule has 4 nitrogen and oxygen atoms in total. The molecule has 0 saturated heterocycles. The van der Waals surface area contributed by atoms with Gasteiger partial charge in [-0.2, -0.15) is 0 Å². The summed E-state index contributed by atoms with van der Waals surface area (Å²) in [5.41, 5.74) is 0.728. The number of rotatable bonds is 7. The van der Waals surface area contributed by atoms with Crippen molar-refractivity contribution < 1.29 is 14.6 Å². The van der Waals surface area contributed by atoms with Gasteiger partial charge in [-0.25, -0.2) is 4.79 Å². The zero-order chi connectivity index (χ0) is 13.5. The van der Waals surface area contributed by atoms with Crippen LogP contribution in [-0.4, -0.2) is 30.8 Å². The van der Waals surface area contributed by atoms with Gasteiger partial charge in [-0.15, -0.1) is 0 Å². The summed E-state index contributed by atoms with van der Waals surface area (Å²) < 4.78 is 5.40. The van der Waals surface area contributed by atoms with Crippen molar-refractivity contribution in [3.63, 3.8) is 0 Å². The number of benzene rings is 1. The second kappa shape index (κ2) is 7.24. The molecule has 0 amide bonds. The number of halogens is 1. The Morgan fingerprint density at radius 2 is 2.22 bits per heavy atom. The summed E-state index contributed by atoms with van der Waals surface area (Å²) in [4.78, 5) is 11.0. The third-order valence-corrected chi connectivity index (χ3v) is 2.46. The third kappa shape index (κ3) is 4.94. The van der Waals surface area contributed by atoms with E-state index in [-0.39, 0.29) is 5.56 Å². The fourth-order valence-electron chi connectivity index (χ4n) is 1.43. The molecule has 0 aliphatic rings. The predicted molar refractivity (Wildman–Crippen MR) is 72.6 cm³/mol. The van der Waals surface area contributed by atoms with E-state index in [0.717, 1.165) is 0 Å². The van der Waals surface area contributed by atoms with Gasteiger partial charge < -0.3 is 15.2 Å². The van der Waals surface area contributed by atoms with Crippen molar-refractivity contribution in [1.29, 1.82) is 0 Å². The first-order valence-corrected chi connectivity index (χ1v) is 6.23. The van der Waals surface area contributed by atoms with Crippen molar-refractivity contribution in [2.45, 2.75) is 13.8 Å². The SMILES string of the molecule is CC(C)COCCNc1cc(Cl)ccc1C(=O)O. The van der Waals surface area contributed by atoms with Crippen LogP contribution >= 0.6 is 11.6 Å². The number of hydrogen-bond donors (Lipinski definition) is 2. The molecule has 0 bridgehead atoms. The Balaban J connectivity index is 2.50. The lowest BCUT2D eigenvalue weighted by Crippen LogP contribution is -2.14. The molecule has 0 unspecified atom stereocenters. The summed E-state index contributed by atoms with van der Waals surface area (Å²) in [7, 11) is 0. The number of carbonyl (C=O) groups is 1. The van der Waals surface area contributed by atoms with Gasteiger partial charge in [0, 0.05) is 18.2 Å². The molecule has 1 aromatic carbocycles. The van der Waals surface area contributed by atoms with E-state index in [4.69, 9.17) is 21.4 Å². The molecule has 0 aromatic heterocycles. The molecular weight excluding hydrogens is 254 g/mol. The lowest BCUT2D eigenvalue weighted by molar-refractivity contribution is 0.0697. The predicted octanol–water partition coefficient (Wildman–Crippen LogP) is 3.12. The van der Waals surface area contributed by atoms with E-state index >= 15 is 0 Å². The van der Waals surface area contributed by atoms with E-state index in [2.05, 4.69) is 19.2 Å². The summed E-state index contributed by atoms with van der Waals surface area (Å²) >= 11 is 5.84. The number of carboxylic acids is 1. The van der Waals surface area contributed by atoms with Gasteiger partial charge in [0.25, 0.3) is 0 Å². The largest absolute Gasteiger partial charge is 0.478 e. The standard InChI is InChI=1S/C13H18ClNO3/c1-9(2)8-18-6-5-15-12-7-10(14)3-4-11(12)13(16)17/h3-4,7,9,15H,5-6,8H2,1-2H3,(H,16,17). The Morgan fingerprint density at radius 3 is 2.83 bits per heavy atom. The van der Waals surface area contributed by atoms with E-state index in [1.807, 2.05) is 0 Å². The average Bonchev–Trinajstić information content (AvgIpc) is 2.27. The third-order valence-electron chi connectivity index (χ3n) is 2.23. The lowest BCUT2D eigenvalue weighted by atomic mass is 10.2. The normalized spacial score (nSPS) is 10.7. The van der Waals surface area contributed by atoms with Crippen molar-refractivity contribution in [3.05, 3.63) is 28.8 Å². The second-order valence-corrected chi connectivity index (χ2v) is 4.83. The Morgan fingerprint density at radius 1 is 1.50 bits per heavy atom. The molecule has 5 heteroatoms. The monoisotopic (exact) mass is 271 g/mol. The topological polar surface area (TPSA) is 58.6 Å². The quantitative estimate of drug-likeness (QED) is 0.748. The molecule has 0 atom stereocenters.